The summed E-state index contributed by atoms with van der Waals surface area (Å²) in [5.41, 5.74) is 0. The van der Waals surface area contributed by atoms with Crippen LogP contribution in [0.2, 0.25) is 0 Å². The molecule has 0 saturated carbocycles. The van der Waals surface area contributed by atoms with E-state index in [0.29, 0.717) is 12.5 Å². The van der Waals surface area contributed by atoms with Gasteiger partial charge in [-0.2, -0.15) is 0 Å². The second kappa shape index (κ2) is 13.9. The van der Waals surface area contributed by atoms with Crippen molar-refractivity contribution in [2.45, 2.75) is 78.0 Å². The van der Waals surface area contributed by atoms with E-state index in [0.717, 1.165) is 33.8 Å². The summed E-state index contributed by atoms with van der Waals surface area (Å²) in [5.74, 6) is -6.15. The van der Waals surface area contributed by atoms with Crippen molar-refractivity contribution in [2.75, 3.05) is 0 Å². The Hall–Kier alpha value is -3.28. The van der Waals surface area contributed by atoms with Crippen LogP contribution in [0.25, 0.3) is 0 Å². The highest BCUT2D eigenvalue weighted by Crippen LogP contribution is 2.21. The molecule has 32 heavy (non-hydrogen) atoms. The number of ketones is 1. The summed E-state index contributed by atoms with van der Waals surface area (Å²) in [6, 6.07) is 0. The number of carbonyl (C=O) groups excluding carboxylic acids is 5. The minimum Gasteiger partial charge on any atom is -0.478 e. The molecule has 0 aliphatic heterocycles. The molecule has 0 aliphatic rings. The number of aliphatic hydroxyl groups excluding tert-OH is 1. The van der Waals surface area contributed by atoms with Crippen LogP contribution in [-0.2, 0) is 47.7 Å². The third-order valence-electron chi connectivity index (χ3n) is 3.75. The molecule has 0 spiro atoms. The van der Waals surface area contributed by atoms with Gasteiger partial charge >= 0.3 is 29.8 Å². The number of ether oxygens (including phenoxy) is 4. The van der Waals surface area contributed by atoms with E-state index in [9.17, 15) is 33.9 Å². The number of carboxylic acids is 1. The molecule has 0 saturated heterocycles. The van der Waals surface area contributed by atoms with Crippen molar-refractivity contribution < 1.29 is 57.9 Å². The van der Waals surface area contributed by atoms with Crippen LogP contribution in [0.1, 0.15) is 47.5 Å². The van der Waals surface area contributed by atoms with Gasteiger partial charge in [-0.15, -0.1) is 0 Å². The van der Waals surface area contributed by atoms with Gasteiger partial charge in [0.25, 0.3) is 0 Å². The molecule has 5 unspecified atom stereocenters. The van der Waals surface area contributed by atoms with E-state index < -0.39 is 66.1 Å². The summed E-state index contributed by atoms with van der Waals surface area (Å²) >= 11 is 0. The number of carboxylic acid groups (broad SMARTS) is 1. The zero-order chi connectivity index (χ0) is 25.0. The van der Waals surface area contributed by atoms with E-state index in [-0.39, 0.29) is 6.42 Å². The Labute approximate surface area is 184 Å². The smallest absolute Gasteiger partial charge is 0.328 e. The fraction of sp³-hybridized carbons (Fsp3) is 0.600. The molecule has 0 bridgehead atoms. The van der Waals surface area contributed by atoms with Crippen LogP contribution in [0.15, 0.2) is 12.2 Å². The molecule has 180 valence electrons. The molecule has 12 heteroatoms. The van der Waals surface area contributed by atoms with Crippen molar-refractivity contribution in [3.05, 3.63) is 12.2 Å². The summed E-state index contributed by atoms with van der Waals surface area (Å²) in [7, 11) is 0. The second-order valence-corrected chi connectivity index (χ2v) is 6.66. The molecule has 0 heterocycles. The molecule has 5 atom stereocenters. The molecule has 0 aromatic rings. The molecule has 0 aliphatic carbocycles. The molecule has 0 aromatic carbocycles. The molecule has 2 N–H and O–H groups in total. The highest BCUT2D eigenvalue weighted by molar-refractivity contribution is 5.91. The minimum absolute atomic E-state index is 0.0331. The first-order valence-electron chi connectivity index (χ1n) is 9.61. The SMILES string of the molecule is CCCC(OC(C)=O)C(=O)C(OC(C)=O)C(OC(C)=O)C(O)C(C=CC(=O)O)OC(C)=O. The molecule has 0 amide bonds. The number of hydrogen-bond donors (Lipinski definition) is 2. The maximum absolute atomic E-state index is 13.1. The van der Waals surface area contributed by atoms with E-state index >= 15 is 0 Å². The van der Waals surface area contributed by atoms with E-state index in [1.165, 1.54) is 0 Å². The van der Waals surface area contributed by atoms with Crippen LogP contribution in [0.5, 0.6) is 0 Å². The van der Waals surface area contributed by atoms with Gasteiger partial charge in [-0.25, -0.2) is 4.79 Å². The molecule has 0 fully saturated rings. The highest BCUT2D eigenvalue weighted by Gasteiger charge is 2.45. The Balaban J connectivity index is 6.35. The maximum atomic E-state index is 13.1. The van der Waals surface area contributed by atoms with Crippen molar-refractivity contribution in [1.82, 2.24) is 0 Å². The quantitative estimate of drug-likeness (QED) is 0.215. The molecular formula is C20H28O12. The van der Waals surface area contributed by atoms with Gasteiger partial charge in [0.2, 0.25) is 11.9 Å². The third kappa shape index (κ3) is 10.7. The summed E-state index contributed by atoms with van der Waals surface area (Å²) < 4.78 is 19.8. The van der Waals surface area contributed by atoms with Gasteiger partial charge in [0, 0.05) is 33.8 Å². The van der Waals surface area contributed by atoms with Crippen molar-refractivity contribution in [3.8, 4) is 0 Å². The van der Waals surface area contributed by atoms with Gasteiger partial charge in [-0.1, -0.05) is 13.3 Å². The predicted molar refractivity (Wildman–Crippen MR) is 105 cm³/mol. The van der Waals surface area contributed by atoms with Crippen molar-refractivity contribution in [1.29, 1.82) is 0 Å². The molecular weight excluding hydrogens is 432 g/mol. The monoisotopic (exact) mass is 460 g/mol. The lowest BCUT2D eigenvalue weighted by Crippen LogP contribution is -2.54. The fourth-order valence-corrected chi connectivity index (χ4v) is 2.65. The van der Waals surface area contributed by atoms with Gasteiger partial charge in [0.05, 0.1) is 0 Å². The van der Waals surface area contributed by atoms with Gasteiger partial charge < -0.3 is 29.2 Å². The number of Topliss-reactive ketones (excluding diaryl/α,β-unsaturated/α-hetero) is 1. The van der Waals surface area contributed by atoms with Crippen molar-refractivity contribution in [2.24, 2.45) is 0 Å². The number of esters is 4. The zero-order valence-corrected chi connectivity index (χ0v) is 18.4. The third-order valence-corrected chi connectivity index (χ3v) is 3.75. The number of hydrogen-bond acceptors (Lipinski definition) is 11. The fourth-order valence-electron chi connectivity index (χ4n) is 2.65. The van der Waals surface area contributed by atoms with Gasteiger partial charge in [-0.05, 0) is 12.5 Å². The van der Waals surface area contributed by atoms with E-state index in [4.69, 9.17) is 24.1 Å². The van der Waals surface area contributed by atoms with Gasteiger partial charge in [-0.3, -0.25) is 24.0 Å². The number of aliphatic hydroxyl groups is 1. The lowest BCUT2D eigenvalue weighted by molar-refractivity contribution is -0.189. The summed E-state index contributed by atoms with van der Waals surface area (Å²) in [4.78, 5) is 70.0. The van der Waals surface area contributed by atoms with Gasteiger partial charge in [0.15, 0.2) is 18.3 Å². The average Bonchev–Trinajstić information content (AvgIpc) is 2.65. The van der Waals surface area contributed by atoms with Gasteiger partial charge in [0.1, 0.15) is 6.10 Å². The van der Waals surface area contributed by atoms with Crippen LogP contribution < -0.4 is 0 Å². The zero-order valence-electron chi connectivity index (χ0n) is 18.4. The lowest BCUT2D eigenvalue weighted by atomic mass is 9.95. The standard InChI is InChI=1S/C20H28O12/c1-6-7-14(29-10(2)21)17(27)19(31-12(4)23)20(32-13(5)24)18(28)15(30-11(3)22)8-9-16(25)26/h8-9,14-15,18-20,28H,6-7H2,1-5H3,(H,25,26). The minimum atomic E-state index is -2.04. The van der Waals surface area contributed by atoms with Crippen molar-refractivity contribution >= 4 is 35.6 Å². The molecule has 0 radical (unpaired) electrons. The predicted octanol–water partition coefficient (Wildman–Crippen LogP) is 0.0841. The van der Waals surface area contributed by atoms with E-state index in [1.807, 2.05) is 0 Å². The number of rotatable bonds is 13. The lowest BCUT2D eigenvalue weighted by Gasteiger charge is -2.33. The molecule has 0 rings (SSSR count). The summed E-state index contributed by atoms with van der Waals surface area (Å²) in [6.45, 7) is 5.62. The maximum Gasteiger partial charge on any atom is 0.328 e. The van der Waals surface area contributed by atoms with Crippen molar-refractivity contribution in [3.63, 3.8) is 0 Å². The first-order valence-corrected chi connectivity index (χ1v) is 9.61. The van der Waals surface area contributed by atoms with Crippen LogP contribution in [0, 0.1) is 0 Å². The Morgan fingerprint density at radius 3 is 1.72 bits per heavy atom. The number of aliphatic carboxylic acids is 1. The molecule has 12 nitrogen and oxygen atoms in total. The Bertz CT molecular complexity index is 741. The van der Waals surface area contributed by atoms with E-state index in [2.05, 4.69) is 0 Å². The molecule has 0 aromatic heterocycles. The Morgan fingerprint density at radius 1 is 0.812 bits per heavy atom. The first-order chi connectivity index (χ1) is 14.8. The number of carbonyl (C=O) groups is 6. The summed E-state index contributed by atoms with van der Waals surface area (Å²) in [6.07, 6.45) is -7.25. The Kier molecular flexibility index (Phi) is 12.5. The van der Waals surface area contributed by atoms with Crippen LogP contribution in [0.3, 0.4) is 0 Å². The first kappa shape index (κ1) is 28.7. The largest absolute Gasteiger partial charge is 0.478 e. The normalized spacial score (nSPS) is 15.6. The second-order valence-electron chi connectivity index (χ2n) is 6.66. The van der Waals surface area contributed by atoms with Crippen LogP contribution in [0.4, 0.5) is 0 Å². The Morgan fingerprint density at radius 2 is 1.31 bits per heavy atom. The highest BCUT2D eigenvalue weighted by atomic mass is 16.6. The topological polar surface area (TPSA) is 180 Å². The van der Waals surface area contributed by atoms with Crippen LogP contribution in [-0.4, -0.2) is 76.4 Å². The van der Waals surface area contributed by atoms with E-state index in [1.54, 1.807) is 6.92 Å². The summed E-state index contributed by atoms with van der Waals surface area (Å²) in [5, 5.41) is 19.6. The average molecular weight is 460 g/mol. The van der Waals surface area contributed by atoms with Crippen LogP contribution >= 0.6 is 0 Å².